The number of carbonyl (C=O) groups is 1. The predicted octanol–water partition coefficient (Wildman–Crippen LogP) is 7.31. The molecule has 2 amide bonds. The zero-order valence-corrected chi connectivity index (χ0v) is 23.3. The summed E-state index contributed by atoms with van der Waals surface area (Å²) in [5.41, 5.74) is 7.47. The van der Waals surface area contributed by atoms with E-state index in [1.165, 1.54) is 0 Å². The summed E-state index contributed by atoms with van der Waals surface area (Å²) in [6, 6.07) is 27.7. The van der Waals surface area contributed by atoms with Gasteiger partial charge in [-0.2, -0.15) is 0 Å². The summed E-state index contributed by atoms with van der Waals surface area (Å²) in [5.74, 6) is 0. The van der Waals surface area contributed by atoms with E-state index in [0.29, 0.717) is 5.69 Å². The molecular weight excluding hydrogens is 506 g/mol. The Labute approximate surface area is 230 Å². The minimum atomic E-state index is -3.83. The average Bonchev–Trinajstić information content (AvgIpc) is 2.94. The molecule has 4 aromatic carbocycles. The van der Waals surface area contributed by atoms with Crippen molar-refractivity contribution in [2.24, 2.45) is 0 Å². The molecule has 1 aliphatic carbocycles. The summed E-state index contributed by atoms with van der Waals surface area (Å²) in [4.78, 5) is 14.9. The second kappa shape index (κ2) is 10.9. The molecule has 1 unspecified atom stereocenters. The van der Waals surface area contributed by atoms with Gasteiger partial charge in [0, 0.05) is 18.4 Å². The Kier molecular flexibility index (Phi) is 7.44. The Hall–Kier alpha value is -4.10. The molecule has 2 N–H and O–H groups in total. The molecule has 7 heteroatoms. The number of nitrogens with one attached hydrogen (secondary N) is 2. The molecule has 0 aromatic heterocycles. The number of amides is 2. The van der Waals surface area contributed by atoms with Gasteiger partial charge in [-0.1, -0.05) is 54.6 Å². The van der Waals surface area contributed by atoms with E-state index in [1.807, 2.05) is 80.6 Å². The van der Waals surface area contributed by atoms with E-state index in [2.05, 4.69) is 10.0 Å². The first-order valence-electron chi connectivity index (χ1n) is 13.1. The standard InChI is InChI=1S/C32H33N3O3S/c1-22-10-7-16-29(23(22)2)25-12-8-15-28(20-25)39(37,38)34-27-19-18-24-11-9-17-31(30(24)21-27)35(3)32(36)33-26-13-5-4-6-14-26/h4-8,10,12-16,18-21,31,34H,9,11,17H2,1-3H3,(H,33,36). The Morgan fingerprint density at radius 1 is 0.872 bits per heavy atom. The quantitative estimate of drug-likeness (QED) is 0.270. The molecule has 5 rings (SSSR count). The van der Waals surface area contributed by atoms with Crippen LogP contribution in [0.4, 0.5) is 16.2 Å². The highest BCUT2D eigenvalue weighted by Gasteiger charge is 2.28. The van der Waals surface area contributed by atoms with Crippen molar-refractivity contribution in [2.45, 2.75) is 44.0 Å². The minimum absolute atomic E-state index is 0.158. The number of rotatable bonds is 6. The Balaban J connectivity index is 1.39. The van der Waals surface area contributed by atoms with Crippen LogP contribution in [-0.4, -0.2) is 26.4 Å². The van der Waals surface area contributed by atoms with E-state index in [9.17, 15) is 13.2 Å². The van der Waals surface area contributed by atoms with Gasteiger partial charge in [0.2, 0.25) is 0 Å². The third-order valence-corrected chi connectivity index (χ3v) is 8.93. The molecule has 0 bridgehead atoms. The zero-order chi connectivity index (χ0) is 27.6. The van der Waals surface area contributed by atoms with E-state index in [0.717, 1.165) is 58.3 Å². The molecule has 0 fully saturated rings. The summed E-state index contributed by atoms with van der Waals surface area (Å²) in [6.07, 6.45) is 2.65. The molecule has 1 atom stereocenters. The van der Waals surface area contributed by atoms with Gasteiger partial charge in [0.15, 0.2) is 0 Å². The van der Waals surface area contributed by atoms with E-state index in [4.69, 9.17) is 0 Å². The number of sulfonamides is 1. The lowest BCUT2D eigenvalue weighted by Gasteiger charge is -2.33. The zero-order valence-electron chi connectivity index (χ0n) is 22.4. The van der Waals surface area contributed by atoms with Gasteiger partial charge < -0.3 is 10.2 Å². The van der Waals surface area contributed by atoms with E-state index in [1.54, 1.807) is 36.2 Å². The Bertz CT molecular complexity index is 1620. The number of anilines is 2. The molecule has 0 aliphatic heterocycles. The number of carbonyl (C=O) groups excluding carboxylic acids is 1. The summed E-state index contributed by atoms with van der Waals surface area (Å²) in [6.45, 7) is 4.10. The van der Waals surface area contributed by atoms with Crippen molar-refractivity contribution in [1.82, 2.24) is 4.90 Å². The van der Waals surface area contributed by atoms with Crippen molar-refractivity contribution in [3.8, 4) is 11.1 Å². The molecule has 0 spiro atoms. The Morgan fingerprint density at radius 2 is 1.64 bits per heavy atom. The van der Waals surface area contributed by atoms with Crippen molar-refractivity contribution in [3.05, 3.63) is 113 Å². The number of urea groups is 1. The third kappa shape index (κ3) is 5.68. The molecule has 6 nitrogen and oxygen atoms in total. The average molecular weight is 540 g/mol. The highest BCUT2D eigenvalue weighted by molar-refractivity contribution is 7.92. The van der Waals surface area contributed by atoms with Crippen LogP contribution in [0.15, 0.2) is 95.9 Å². The summed E-state index contributed by atoms with van der Waals surface area (Å²) in [7, 11) is -2.05. The molecule has 1 aliphatic rings. The lowest BCUT2D eigenvalue weighted by atomic mass is 9.86. The number of hydrogen-bond donors (Lipinski definition) is 2. The van der Waals surface area contributed by atoms with Crippen molar-refractivity contribution in [2.75, 3.05) is 17.1 Å². The first kappa shape index (κ1) is 26.5. The van der Waals surface area contributed by atoms with Crippen molar-refractivity contribution in [1.29, 1.82) is 0 Å². The van der Waals surface area contributed by atoms with Gasteiger partial charge in [-0.05, 0) is 103 Å². The fourth-order valence-corrected chi connectivity index (χ4v) is 6.32. The van der Waals surface area contributed by atoms with Crippen molar-refractivity contribution in [3.63, 3.8) is 0 Å². The van der Waals surface area contributed by atoms with Gasteiger partial charge in [-0.15, -0.1) is 0 Å². The second-order valence-corrected chi connectivity index (χ2v) is 11.8. The number of fused-ring (bicyclic) bond motifs is 1. The second-order valence-electron chi connectivity index (χ2n) is 10.1. The van der Waals surface area contributed by atoms with Crippen LogP contribution >= 0.6 is 0 Å². The van der Waals surface area contributed by atoms with Crippen LogP contribution < -0.4 is 10.0 Å². The number of hydrogen-bond acceptors (Lipinski definition) is 3. The van der Waals surface area contributed by atoms with Gasteiger partial charge in [0.1, 0.15) is 0 Å². The molecule has 0 radical (unpaired) electrons. The molecule has 200 valence electrons. The van der Waals surface area contributed by atoms with Gasteiger partial charge in [-0.3, -0.25) is 4.72 Å². The molecule has 0 saturated carbocycles. The number of para-hydroxylation sites is 1. The minimum Gasteiger partial charge on any atom is -0.321 e. The van der Waals surface area contributed by atoms with E-state index < -0.39 is 10.0 Å². The highest BCUT2D eigenvalue weighted by atomic mass is 32.2. The summed E-state index contributed by atoms with van der Waals surface area (Å²) in [5, 5.41) is 2.95. The maximum Gasteiger partial charge on any atom is 0.322 e. The molecule has 0 saturated heterocycles. The SMILES string of the molecule is Cc1cccc(-c2cccc(S(=O)(=O)Nc3ccc4c(c3)C(N(C)C(=O)Nc3ccccc3)CCC4)c2)c1C. The predicted molar refractivity (Wildman–Crippen MR) is 158 cm³/mol. The normalized spacial score (nSPS) is 14.8. The number of aryl methyl sites for hydroxylation is 2. The van der Waals surface area contributed by atoms with Crippen molar-refractivity contribution >= 4 is 27.4 Å². The molecule has 39 heavy (non-hydrogen) atoms. The van der Waals surface area contributed by atoms with E-state index >= 15 is 0 Å². The highest BCUT2D eigenvalue weighted by Crippen LogP contribution is 2.36. The first-order chi connectivity index (χ1) is 18.7. The Morgan fingerprint density at radius 3 is 2.44 bits per heavy atom. The number of benzene rings is 4. The third-order valence-electron chi connectivity index (χ3n) is 7.55. The van der Waals surface area contributed by atoms with Crippen LogP contribution in [0.2, 0.25) is 0 Å². The van der Waals surface area contributed by atoms with Crippen LogP contribution in [0.5, 0.6) is 0 Å². The smallest absolute Gasteiger partial charge is 0.321 e. The van der Waals surface area contributed by atoms with Crippen LogP contribution in [0.3, 0.4) is 0 Å². The molecule has 0 heterocycles. The van der Waals surface area contributed by atoms with Crippen LogP contribution in [0, 0.1) is 13.8 Å². The molecular formula is C32H33N3O3S. The van der Waals surface area contributed by atoms with Gasteiger partial charge in [0.25, 0.3) is 10.0 Å². The topological polar surface area (TPSA) is 78.5 Å². The monoisotopic (exact) mass is 539 g/mol. The summed E-state index contributed by atoms with van der Waals surface area (Å²) >= 11 is 0. The van der Waals surface area contributed by atoms with Gasteiger partial charge in [-0.25, -0.2) is 13.2 Å². The summed E-state index contributed by atoms with van der Waals surface area (Å²) < 4.78 is 29.7. The van der Waals surface area contributed by atoms with Crippen LogP contribution in [0.1, 0.15) is 41.1 Å². The number of nitrogens with zero attached hydrogens (tertiary/aromatic N) is 1. The fourth-order valence-electron chi connectivity index (χ4n) is 5.22. The molecule has 4 aromatic rings. The van der Waals surface area contributed by atoms with Crippen LogP contribution in [-0.2, 0) is 16.4 Å². The van der Waals surface area contributed by atoms with Gasteiger partial charge in [0.05, 0.1) is 10.9 Å². The van der Waals surface area contributed by atoms with Crippen molar-refractivity contribution < 1.29 is 13.2 Å². The maximum atomic E-state index is 13.4. The largest absolute Gasteiger partial charge is 0.322 e. The lowest BCUT2D eigenvalue weighted by Crippen LogP contribution is -2.36. The van der Waals surface area contributed by atoms with Gasteiger partial charge >= 0.3 is 6.03 Å². The fraction of sp³-hybridized carbons (Fsp3) is 0.219. The maximum absolute atomic E-state index is 13.4. The van der Waals surface area contributed by atoms with E-state index in [-0.39, 0.29) is 17.0 Å². The van der Waals surface area contributed by atoms with Crippen LogP contribution in [0.25, 0.3) is 11.1 Å². The first-order valence-corrected chi connectivity index (χ1v) is 14.6. The lowest BCUT2D eigenvalue weighted by molar-refractivity contribution is 0.197.